The van der Waals surface area contributed by atoms with Gasteiger partial charge in [0.1, 0.15) is 0 Å². The van der Waals surface area contributed by atoms with E-state index in [1.54, 1.807) is 23.5 Å². The summed E-state index contributed by atoms with van der Waals surface area (Å²) in [6.07, 6.45) is 3.83. The van der Waals surface area contributed by atoms with E-state index in [2.05, 4.69) is 37.4 Å². The van der Waals surface area contributed by atoms with E-state index in [9.17, 15) is 0 Å². The van der Waals surface area contributed by atoms with Crippen molar-refractivity contribution in [2.75, 3.05) is 11.5 Å². The van der Waals surface area contributed by atoms with E-state index >= 15 is 0 Å². The van der Waals surface area contributed by atoms with Gasteiger partial charge in [-0.2, -0.15) is 0 Å². The van der Waals surface area contributed by atoms with Crippen LogP contribution < -0.4 is 24.8 Å². The van der Waals surface area contributed by atoms with Gasteiger partial charge in [-0.3, -0.25) is 0 Å². The van der Waals surface area contributed by atoms with Crippen LogP contribution in [0.25, 0.3) is 0 Å². The van der Waals surface area contributed by atoms with E-state index in [-0.39, 0.29) is 45.9 Å². The summed E-state index contributed by atoms with van der Waals surface area (Å²) < 4.78 is 0. The first kappa shape index (κ1) is 27.7. The summed E-state index contributed by atoms with van der Waals surface area (Å²) in [5, 5.41) is 0. The molecule has 2 aromatic rings. The van der Waals surface area contributed by atoms with Crippen molar-refractivity contribution in [3.05, 3.63) is 86.0 Å². The molecule has 0 aromatic heterocycles. The molecule has 0 saturated carbocycles. The average Bonchev–Trinajstić information content (AvgIpc) is 2.53. The van der Waals surface area contributed by atoms with Gasteiger partial charge in [0.25, 0.3) is 0 Å². The van der Waals surface area contributed by atoms with Crippen LogP contribution in [0.15, 0.2) is 95.8 Å². The molecular formula is C18H20Cl2PtS2. The zero-order valence-corrected chi connectivity index (χ0v) is 18.1. The molecule has 0 spiro atoms. The van der Waals surface area contributed by atoms with Crippen molar-refractivity contribution in [1.29, 1.82) is 0 Å². The average molecular weight is 566 g/mol. The molecular weight excluding hydrogens is 546 g/mol. The second-order valence-corrected chi connectivity index (χ2v) is 6.01. The first-order valence-electron chi connectivity index (χ1n) is 6.44. The van der Waals surface area contributed by atoms with Gasteiger partial charge in [-0.15, -0.1) is 36.7 Å². The van der Waals surface area contributed by atoms with Gasteiger partial charge in [-0.1, -0.05) is 48.6 Å². The zero-order valence-electron chi connectivity index (χ0n) is 12.6. The maximum atomic E-state index is 3.65. The number of halogens is 2. The van der Waals surface area contributed by atoms with E-state index in [0.29, 0.717) is 0 Å². The van der Waals surface area contributed by atoms with Gasteiger partial charge in [-0.25, -0.2) is 0 Å². The second-order valence-electron chi connectivity index (χ2n) is 3.83. The van der Waals surface area contributed by atoms with Gasteiger partial charge in [0, 0.05) is 21.3 Å². The molecule has 0 aliphatic rings. The summed E-state index contributed by atoms with van der Waals surface area (Å²) in [6, 6.07) is 20.7. The van der Waals surface area contributed by atoms with Crippen molar-refractivity contribution >= 4 is 23.5 Å². The normalized spacial score (nSPS) is 8.00. The minimum atomic E-state index is 0. The summed E-state index contributed by atoms with van der Waals surface area (Å²) in [5.74, 6) is 1.98. The van der Waals surface area contributed by atoms with Crippen molar-refractivity contribution in [2.24, 2.45) is 0 Å². The van der Waals surface area contributed by atoms with E-state index in [4.69, 9.17) is 0 Å². The van der Waals surface area contributed by atoms with Crippen molar-refractivity contribution < 1.29 is 45.9 Å². The summed E-state index contributed by atoms with van der Waals surface area (Å²) >= 11 is 3.60. The Hall–Kier alpha value is -0.112. The second kappa shape index (κ2) is 19.9. The zero-order chi connectivity index (χ0) is 14.5. The Morgan fingerprint density at radius 2 is 0.957 bits per heavy atom. The number of rotatable bonds is 6. The topological polar surface area (TPSA) is 0 Å². The maximum Gasteiger partial charge on any atom is 2.00 e. The third kappa shape index (κ3) is 15.2. The van der Waals surface area contributed by atoms with Gasteiger partial charge < -0.3 is 24.8 Å². The fourth-order valence-electron chi connectivity index (χ4n) is 1.34. The summed E-state index contributed by atoms with van der Waals surface area (Å²) in [6.45, 7) is 7.31. The molecule has 0 bridgehead atoms. The largest absolute Gasteiger partial charge is 2.00 e. The van der Waals surface area contributed by atoms with Crippen LogP contribution in [-0.2, 0) is 21.1 Å². The van der Waals surface area contributed by atoms with E-state index in [1.165, 1.54) is 9.79 Å². The van der Waals surface area contributed by atoms with Crippen LogP contribution in [0.3, 0.4) is 0 Å². The third-order valence-corrected chi connectivity index (χ3v) is 4.24. The van der Waals surface area contributed by atoms with E-state index in [1.807, 2.05) is 48.6 Å². The molecule has 0 radical (unpaired) electrons. The molecule has 0 aliphatic heterocycles. The summed E-state index contributed by atoms with van der Waals surface area (Å²) in [4.78, 5) is 2.62. The molecule has 0 heterocycles. The van der Waals surface area contributed by atoms with Crippen molar-refractivity contribution in [3.8, 4) is 0 Å². The molecule has 0 nitrogen and oxygen atoms in total. The monoisotopic (exact) mass is 565 g/mol. The quantitative estimate of drug-likeness (QED) is 0.355. The van der Waals surface area contributed by atoms with Crippen molar-refractivity contribution in [1.82, 2.24) is 0 Å². The molecule has 0 fully saturated rings. The SMILES string of the molecule is C=CCSc1ccccc1.C=CCSc1ccccc1.[Cl-].[Cl-].[Pt+2]. The van der Waals surface area contributed by atoms with Crippen LogP contribution in [-0.4, -0.2) is 11.5 Å². The Balaban J connectivity index is -0.000000308. The molecule has 0 amide bonds. The van der Waals surface area contributed by atoms with Crippen LogP contribution in [0.2, 0.25) is 0 Å². The third-order valence-electron chi connectivity index (χ3n) is 2.22. The van der Waals surface area contributed by atoms with E-state index < -0.39 is 0 Å². The summed E-state index contributed by atoms with van der Waals surface area (Å²) in [5.41, 5.74) is 0. The van der Waals surface area contributed by atoms with Crippen LogP contribution in [0.4, 0.5) is 0 Å². The number of hydrogen-bond donors (Lipinski definition) is 0. The Labute approximate surface area is 175 Å². The first-order chi connectivity index (χ1) is 9.86. The molecule has 23 heavy (non-hydrogen) atoms. The summed E-state index contributed by atoms with van der Waals surface area (Å²) in [7, 11) is 0. The smallest absolute Gasteiger partial charge is 1.00 e. The standard InChI is InChI=1S/2C9H10S.2ClH.Pt/c2*1-2-8-10-9-6-4-3-5-7-9;;;/h2*2-7H,1,8H2;2*1H;/q;;;;+2/p-2. The Bertz CT molecular complexity index is 445. The Kier molecular flexibility index (Phi) is 24.0. The molecule has 0 saturated heterocycles. The first-order valence-corrected chi connectivity index (χ1v) is 8.41. The molecule has 128 valence electrons. The molecule has 2 aromatic carbocycles. The Morgan fingerprint density at radius 1 is 0.652 bits per heavy atom. The molecule has 0 unspecified atom stereocenters. The van der Waals surface area contributed by atoms with Crippen LogP contribution >= 0.6 is 23.5 Å². The van der Waals surface area contributed by atoms with E-state index in [0.717, 1.165) is 11.5 Å². The molecule has 0 N–H and O–H groups in total. The molecule has 0 atom stereocenters. The maximum absolute atomic E-state index is 3.65. The van der Waals surface area contributed by atoms with Crippen LogP contribution in [0.5, 0.6) is 0 Å². The number of hydrogen-bond acceptors (Lipinski definition) is 2. The molecule has 2 rings (SSSR count). The van der Waals surface area contributed by atoms with Gasteiger partial charge in [0.2, 0.25) is 0 Å². The minimum Gasteiger partial charge on any atom is -1.00 e. The molecule has 0 aliphatic carbocycles. The predicted octanol–water partition coefficient (Wildman–Crippen LogP) is -0.0651. The number of thioether (sulfide) groups is 2. The fraction of sp³-hybridized carbons (Fsp3) is 0.111. The predicted molar refractivity (Wildman–Crippen MR) is 94.7 cm³/mol. The van der Waals surface area contributed by atoms with Crippen molar-refractivity contribution in [3.63, 3.8) is 0 Å². The fourth-order valence-corrected chi connectivity index (χ4v) is 2.66. The Morgan fingerprint density at radius 3 is 1.22 bits per heavy atom. The van der Waals surface area contributed by atoms with Gasteiger partial charge in [0.05, 0.1) is 0 Å². The number of benzene rings is 2. The van der Waals surface area contributed by atoms with Crippen LogP contribution in [0.1, 0.15) is 0 Å². The molecule has 5 heteroatoms. The van der Waals surface area contributed by atoms with Gasteiger partial charge >= 0.3 is 21.1 Å². The van der Waals surface area contributed by atoms with Gasteiger partial charge in [-0.05, 0) is 24.3 Å². The van der Waals surface area contributed by atoms with Gasteiger partial charge in [0.15, 0.2) is 0 Å². The van der Waals surface area contributed by atoms with Crippen molar-refractivity contribution in [2.45, 2.75) is 9.79 Å². The van der Waals surface area contributed by atoms with Crippen LogP contribution in [0, 0.1) is 0 Å². The minimum absolute atomic E-state index is 0.